The molecule has 18 heavy (non-hydrogen) atoms. The number of hydrogen-bond acceptors (Lipinski definition) is 5. The predicted octanol–water partition coefficient (Wildman–Crippen LogP) is 1.15. The largest absolute Gasteiger partial charge is 0.478 e. The molecule has 0 aliphatic carbocycles. The maximum atomic E-state index is 12.0. The van der Waals surface area contributed by atoms with Gasteiger partial charge in [-0.15, -0.1) is 0 Å². The highest BCUT2D eigenvalue weighted by atomic mass is 32.1. The second kappa shape index (κ2) is 4.57. The van der Waals surface area contributed by atoms with E-state index < -0.39 is 5.97 Å². The van der Waals surface area contributed by atoms with Gasteiger partial charge in [-0.3, -0.25) is 9.69 Å². The number of rotatable bonds is 3. The number of H-pyrrole nitrogens is 1. The number of aromatic nitrogens is 3. The molecule has 0 bridgehead atoms. The van der Waals surface area contributed by atoms with E-state index in [9.17, 15) is 9.59 Å². The SMILES string of the molecule is Cc1nsc(N(C)C(=O)c2cnc[nH]2)c1C(=O)O. The molecule has 0 aliphatic heterocycles. The van der Waals surface area contributed by atoms with E-state index in [2.05, 4.69) is 14.3 Å². The molecule has 8 heteroatoms. The summed E-state index contributed by atoms with van der Waals surface area (Å²) >= 11 is 0.978. The molecular weight excluding hydrogens is 256 g/mol. The summed E-state index contributed by atoms with van der Waals surface area (Å²) in [6.45, 7) is 1.60. The summed E-state index contributed by atoms with van der Waals surface area (Å²) in [5.41, 5.74) is 0.738. The van der Waals surface area contributed by atoms with Gasteiger partial charge in [0, 0.05) is 7.05 Å². The number of carbonyl (C=O) groups is 2. The Bertz CT molecular complexity index is 590. The number of hydrogen-bond donors (Lipinski definition) is 2. The Morgan fingerprint density at radius 1 is 1.50 bits per heavy atom. The van der Waals surface area contributed by atoms with Crippen LogP contribution in [0, 0.1) is 6.92 Å². The van der Waals surface area contributed by atoms with Gasteiger partial charge >= 0.3 is 5.97 Å². The van der Waals surface area contributed by atoms with Gasteiger partial charge in [-0.05, 0) is 18.5 Å². The summed E-state index contributed by atoms with van der Waals surface area (Å²) in [7, 11) is 1.50. The first-order valence-electron chi connectivity index (χ1n) is 4.98. The summed E-state index contributed by atoms with van der Waals surface area (Å²) in [5, 5.41) is 9.41. The van der Waals surface area contributed by atoms with Crippen LogP contribution in [-0.2, 0) is 0 Å². The van der Waals surface area contributed by atoms with Crippen LogP contribution < -0.4 is 4.90 Å². The van der Waals surface area contributed by atoms with Crippen LogP contribution in [0.25, 0.3) is 0 Å². The number of anilines is 1. The quantitative estimate of drug-likeness (QED) is 0.868. The molecule has 0 aliphatic rings. The van der Waals surface area contributed by atoms with E-state index in [-0.39, 0.29) is 11.5 Å². The Hall–Kier alpha value is -2.22. The molecule has 2 aromatic rings. The van der Waals surface area contributed by atoms with Crippen LogP contribution in [0.15, 0.2) is 12.5 Å². The topological polar surface area (TPSA) is 99.2 Å². The predicted molar refractivity (Wildman–Crippen MR) is 65.1 cm³/mol. The zero-order valence-corrected chi connectivity index (χ0v) is 10.5. The first-order chi connectivity index (χ1) is 8.52. The molecule has 0 spiro atoms. The average Bonchev–Trinajstić information content (AvgIpc) is 2.95. The number of aromatic amines is 1. The molecule has 0 saturated carbocycles. The Morgan fingerprint density at radius 2 is 2.22 bits per heavy atom. The molecular formula is C10H10N4O3S. The van der Waals surface area contributed by atoms with Crippen molar-refractivity contribution in [3.8, 4) is 0 Å². The molecule has 0 atom stereocenters. The molecule has 0 saturated heterocycles. The second-order valence-electron chi connectivity index (χ2n) is 3.58. The Morgan fingerprint density at radius 3 is 2.78 bits per heavy atom. The van der Waals surface area contributed by atoms with Crippen LogP contribution in [-0.4, -0.2) is 38.4 Å². The van der Waals surface area contributed by atoms with E-state index in [1.165, 1.54) is 24.5 Å². The Balaban J connectivity index is 2.38. The average molecular weight is 266 g/mol. The van der Waals surface area contributed by atoms with Gasteiger partial charge in [-0.2, -0.15) is 4.37 Å². The third-order valence-corrected chi connectivity index (χ3v) is 3.41. The third-order valence-electron chi connectivity index (χ3n) is 2.40. The minimum absolute atomic E-state index is 0.0513. The van der Waals surface area contributed by atoms with Crippen LogP contribution in [0.1, 0.15) is 26.5 Å². The molecule has 0 unspecified atom stereocenters. The fraction of sp³-hybridized carbons (Fsp3) is 0.200. The standard InChI is InChI=1S/C10H10N4O3S/c1-5-7(10(16)17)9(18-13-5)14(2)8(15)6-3-11-4-12-6/h3-4H,1-2H3,(H,11,12)(H,16,17). The number of nitrogens with zero attached hydrogens (tertiary/aromatic N) is 3. The number of aryl methyl sites for hydroxylation is 1. The zero-order valence-electron chi connectivity index (χ0n) is 9.67. The lowest BCUT2D eigenvalue weighted by Crippen LogP contribution is -2.27. The van der Waals surface area contributed by atoms with Crippen molar-refractivity contribution in [2.45, 2.75) is 6.92 Å². The molecule has 7 nitrogen and oxygen atoms in total. The van der Waals surface area contributed by atoms with E-state index in [1.54, 1.807) is 6.92 Å². The molecule has 0 radical (unpaired) electrons. The highest BCUT2D eigenvalue weighted by Gasteiger charge is 2.25. The second-order valence-corrected chi connectivity index (χ2v) is 4.33. The van der Waals surface area contributed by atoms with Gasteiger partial charge in [0.05, 0.1) is 18.2 Å². The van der Waals surface area contributed by atoms with Crippen molar-refractivity contribution in [3.05, 3.63) is 29.5 Å². The number of carbonyl (C=O) groups excluding carboxylic acids is 1. The minimum Gasteiger partial charge on any atom is -0.478 e. The first-order valence-corrected chi connectivity index (χ1v) is 5.75. The minimum atomic E-state index is -1.10. The maximum Gasteiger partial charge on any atom is 0.340 e. The number of aromatic carboxylic acids is 1. The fourth-order valence-corrected chi connectivity index (χ4v) is 2.33. The molecule has 2 N–H and O–H groups in total. The smallest absolute Gasteiger partial charge is 0.340 e. The van der Waals surface area contributed by atoms with Crippen LogP contribution in [0.4, 0.5) is 5.00 Å². The van der Waals surface area contributed by atoms with E-state index in [4.69, 9.17) is 5.11 Å². The first kappa shape index (κ1) is 12.2. The molecule has 1 amide bonds. The number of carboxylic acid groups (broad SMARTS) is 1. The lowest BCUT2D eigenvalue weighted by Gasteiger charge is -2.14. The van der Waals surface area contributed by atoms with E-state index in [0.29, 0.717) is 16.4 Å². The summed E-state index contributed by atoms with van der Waals surface area (Å²) < 4.78 is 3.96. The van der Waals surface area contributed by atoms with Crippen molar-refractivity contribution in [1.82, 2.24) is 14.3 Å². The highest BCUT2D eigenvalue weighted by molar-refractivity contribution is 7.11. The van der Waals surface area contributed by atoms with Gasteiger partial charge in [0.1, 0.15) is 16.3 Å². The molecule has 2 rings (SSSR count). The maximum absolute atomic E-state index is 12.0. The van der Waals surface area contributed by atoms with E-state index >= 15 is 0 Å². The summed E-state index contributed by atoms with van der Waals surface area (Å²) in [5.74, 6) is -1.46. The third kappa shape index (κ3) is 1.97. The van der Waals surface area contributed by atoms with Crippen molar-refractivity contribution < 1.29 is 14.7 Å². The lowest BCUT2D eigenvalue weighted by atomic mass is 10.2. The van der Waals surface area contributed by atoms with Gasteiger partial charge in [0.25, 0.3) is 5.91 Å². The van der Waals surface area contributed by atoms with Crippen LogP contribution in [0.3, 0.4) is 0 Å². The molecule has 0 aromatic carbocycles. The van der Waals surface area contributed by atoms with Crippen LogP contribution >= 0.6 is 11.5 Å². The molecule has 94 valence electrons. The van der Waals surface area contributed by atoms with Crippen molar-refractivity contribution >= 4 is 28.4 Å². The van der Waals surface area contributed by atoms with Gasteiger partial charge in [-0.1, -0.05) is 0 Å². The van der Waals surface area contributed by atoms with Gasteiger partial charge in [0.2, 0.25) is 0 Å². The van der Waals surface area contributed by atoms with E-state index in [1.807, 2.05) is 0 Å². The fourth-order valence-electron chi connectivity index (χ4n) is 1.48. The number of carboxylic acids is 1. The molecule has 0 fully saturated rings. The summed E-state index contributed by atoms with van der Waals surface area (Å²) in [6.07, 6.45) is 2.77. The summed E-state index contributed by atoms with van der Waals surface area (Å²) in [6, 6.07) is 0. The number of imidazole rings is 1. The Labute approximate surface area is 106 Å². The molecule has 2 heterocycles. The highest BCUT2D eigenvalue weighted by Crippen LogP contribution is 2.28. The Kier molecular flexibility index (Phi) is 3.11. The monoisotopic (exact) mass is 266 g/mol. The lowest BCUT2D eigenvalue weighted by molar-refractivity contribution is 0.0697. The zero-order chi connectivity index (χ0) is 13.3. The van der Waals surface area contributed by atoms with Crippen LogP contribution in [0.2, 0.25) is 0 Å². The van der Waals surface area contributed by atoms with Crippen molar-refractivity contribution in [3.63, 3.8) is 0 Å². The number of nitrogens with one attached hydrogen (secondary N) is 1. The van der Waals surface area contributed by atoms with Crippen molar-refractivity contribution in [1.29, 1.82) is 0 Å². The van der Waals surface area contributed by atoms with Crippen molar-refractivity contribution in [2.75, 3.05) is 11.9 Å². The number of amides is 1. The van der Waals surface area contributed by atoms with Gasteiger partial charge < -0.3 is 10.1 Å². The van der Waals surface area contributed by atoms with E-state index in [0.717, 1.165) is 11.5 Å². The van der Waals surface area contributed by atoms with Crippen molar-refractivity contribution in [2.24, 2.45) is 0 Å². The van der Waals surface area contributed by atoms with Gasteiger partial charge in [0.15, 0.2) is 0 Å². The van der Waals surface area contributed by atoms with Crippen LogP contribution in [0.5, 0.6) is 0 Å². The normalized spacial score (nSPS) is 10.3. The summed E-state index contributed by atoms with van der Waals surface area (Å²) in [4.78, 5) is 30.8. The van der Waals surface area contributed by atoms with Gasteiger partial charge in [-0.25, -0.2) is 9.78 Å². The molecule has 2 aromatic heterocycles.